The zero-order valence-corrected chi connectivity index (χ0v) is 12.1. The van der Waals surface area contributed by atoms with Crippen LogP contribution in [0.4, 0.5) is 4.79 Å². The molecule has 1 rings (SSSR count). The lowest BCUT2D eigenvalue weighted by molar-refractivity contribution is 0.200. The molecule has 1 aromatic rings. The van der Waals surface area contributed by atoms with E-state index in [0.29, 0.717) is 0 Å². The molecular formula is C13H19BrN2O. The van der Waals surface area contributed by atoms with Crippen LogP contribution in [-0.4, -0.2) is 24.0 Å². The number of amides is 2. The van der Waals surface area contributed by atoms with Crippen LogP contribution in [0.2, 0.25) is 0 Å². The maximum absolute atomic E-state index is 11.9. The highest BCUT2D eigenvalue weighted by Gasteiger charge is 2.13. The average molecular weight is 299 g/mol. The van der Waals surface area contributed by atoms with Gasteiger partial charge in [-0.25, -0.2) is 4.79 Å². The average Bonchev–Trinajstić information content (AvgIpc) is 2.31. The lowest BCUT2D eigenvalue weighted by atomic mass is 10.1. The SMILES string of the molecule is CCN(CC)C(=O)NC(C)c1ccc(Br)cc1. The molecule has 0 aromatic heterocycles. The Balaban J connectivity index is 2.62. The zero-order valence-electron chi connectivity index (χ0n) is 10.5. The van der Waals surface area contributed by atoms with Gasteiger partial charge < -0.3 is 10.2 Å². The van der Waals surface area contributed by atoms with E-state index in [1.165, 1.54) is 0 Å². The van der Waals surface area contributed by atoms with Crippen molar-refractivity contribution in [2.45, 2.75) is 26.8 Å². The lowest BCUT2D eigenvalue weighted by Gasteiger charge is -2.22. The number of nitrogens with zero attached hydrogens (tertiary/aromatic N) is 1. The Kier molecular flexibility index (Phi) is 5.48. The number of hydrogen-bond donors (Lipinski definition) is 1. The van der Waals surface area contributed by atoms with Crippen LogP contribution in [0.15, 0.2) is 28.7 Å². The van der Waals surface area contributed by atoms with Crippen LogP contribution in [0.5, 0.6) is 0 Å². The van der Waals surface area contributed by atoms with E-state index in [2.05, 4.69) is 21.2 Å². The first kappa shape index (κ1) is 14.0. The second-order valence-corrected chi connectivity index (χ2v) is 4.81. The van der Waals surface area contributed by atoms with E-state index < -0.39 is 0 Å². The first-order valence-corrected chi connectivity index (χ1v) is 6.68. The summed E-state index contributed by atoms with van der Waals surface area (Å²) >= 11 is 3.40. The second kappa shape index (κ2) is 6.64. The molecular weight excluding hydrogens is 280 g/mol. The lowest BCUT2D eigenvalue weighted by Crippen LogP contribution is -2.40. The molecule has 0 saturated carbocycles. The number of rotatable bonds is 4. The third-order valence-corrected chi connectivity index (χ3v) is 3.29. The summed E-state index contributed by atoms with van der Waals surface area (Å²) in [5.74, 6) is 0. The largest absolute Gasteiger partial charge is 0.331 e. The number of hydrogen-bond acceptors (Lipinski definition) is 1. The minimum Gasteiger partial charge on any atom is -0.331 e. The third kappa shape index (κ3) is 4.04. The van der Waals surface area contributed by atoms with Gasteiger partial charge in [-0.05, 0) is 38.5 Å². The van der Waals surface area contributed by atoms with Crippen LogP contribution >= 0.6 is 15.9 Å². The van der Waals surface area contributed by atoms with Crippen LogP contribution in [0.1, 0.15) is 32.4 Å². The summed E-state index contributed by atoms with van der Waals surface area (Å²) in [4.78, 5) is 13.6. The number of carbonyl (C=O) groups is 1. The van der Waals surface area contributed by atoms with Crippen molar-refractivity contribution in [1.82, 2.24) is 10.2 Å². The van der Waals surface area contributed by atoms with Crippen molar-refractivity contribution >= 4 is 22.0 Å². The molecule has 0 saturated heterocycles. The van der Waals surface area contributed by atoms with Gasteiger partial charge in [-0.3, -0.25) is 0 Å². The van der Waals surface area contributed by atoms with Crippen LogP contribution < -0.4 is 5.32 Å². The van der Waals surface area contributed by atoms with Crippen LogP contribution in [-0.2, 0) is 0 Å². The fraction of sp³-hybridized carbons (Fsp3) is 0.462. The van der Waals surface area contributed by atoms with Gasteiger partial charge in [0, 0.05) is 17.6 Å². The van der Waals surface area contributed by atoms with Gasteiger partial charge >= 0.3 is 6.03 Å². The van der Waals surface area contributed by atoms with Gasteiger partial charge in [0.15, 0.2) is 0 Å². The summed E-state index contributed by atoms with van der Waals surface area (Å²) in [6.07, 6.45) is 0. The van der Waals surface area contributed by atoms with Crippen LogP contribution in [0.25, 0.3) is 0 Å². The van der Waals surface area contributed by atoms with Crippen molar-refractivity contribution < 1.29 is 4.79 Å². The summed E-state index contributed by atoms with van der Waals surface area (Å²) in [5.41, 5.74) is 1.11. The molecule has 0 fully saturated rings. The van der Waals surface area contributed by atoms with Gasteiger partial charge in [0.2, 0.25) is 0 Å². The fourth-order valence-electron chi connectivity index (χ4n) is 1.62. The Morgan fingerprint density at radius 2 is 1.82 bits per heavy atom. The van der Waals surface area contributed by atoms with Crippen molar-refractivity contribution in [2.75, 3.05) is 13.1 Å². The number of carbonyl (C=O) groups excluding carboxylic acids is 1. The molecule has 0 heterocycles. The first-order chi connectivity index (χ1) is 8.08. The Hall–Kier alpha value is -1.03. The molecule has 1 aromatic carbocycles. The number of urea groups is 1. The van der Waals surface area contributed by atoms with E-state index in [0.717, 1.165) is 23.1 Å². The monoisotopic (exact) mass is 298 g/mol. The molecule has 0 aliphatic heterocycles. The predicted octanol–water partition coefficient (Wildman–Crippen LogP) is 3.56. The van der Waals surface area contributed by atoms with Crippen LogP contribution in [0, 0.1) is 0 Å². The van der Waals surface area contributed by atoms with E-state index in [4.69, 9.17) is 0 Å². The van der Waals surface area contributed by atoms with Gasteiger partial charge in [-0.1, -0.05) is 28.1 Å². The summed E-state index contributed by atoms with van der Waals surface area (Å²) in [6, 6.07) is 8.00. The minimum absolute atomic E-state index is 0.00887. The highest BCUT2D eigenvalue weighted by atomic mass is 79.9. The molecule has 0 spiro atoms. The van der Waals surface area contributed by atoms with E-state index in [1.54, 1.807) is 4.90 Å². The van der Waals surface area contributed by atoms with Crippen molar-refractivity contribution in [3.63, 3.8) is 0 Å². The smallest absolute Gasteiger partial charge is 0.317 e. The molecule has 2 amide bonds. The molecule has 17 heavy (non-hydrogen) atoms. The minimum atomic E-state index is -0.00887. The van der Waals surface area contributed by atoms with E-state index >= 15 is 0 Å². The summed E-state index contributed by atoms with van der Waals surface area (Å²) in [6.45, 7) is 7.41. The van der Waals surface area contributed by atoms with Gasteiger partial charge in [0.25, 0.3) is 0 Å². The molecule has 1 atom stereocenters. The molecule has 0 aliphatic carbocycles. The van der Waals surface area contributed by atoms with Crippen molar-refractivity contribution in [3.05, 3.63) is 34.3 Å². The summed E-state index contributed by atoms with van der Waals surface area (Å²) < 4.78 is 1.04. The number of benzene rings is 1. The van der Waals surface area contributed by atoms with Crippen LogP contribution in [0.3, 0.4) is 0 Å². The Morgan fingerprint density at radius 3 is 2.29 bits per heavy atom. The van der Waals surface area contributed by atoms with Crippen molar-refractivity contribution in [3.8, 4) is 0 Å². The Labute approximate surface area is 111 Å². The fourth-order valence-corrected chi connectivity index (χ4v) is 1.89. The molecule has 1 N–H and O–H groups in total. The van der Waals surface area contributed by atoms with Crippen molar-refractivity contribution in [2.24, 2.45) is 0 Å². The molecule has 0 bridgehead atoms. The highest BCUT2D eigenvalue weighted by molar-refractivity contribution is 9.10. The number of halogens is 1. The van der Waals surface area contributed by atoms with Gasteiger partial charge in [0.1, 0.15) is 0 Å². The molecule has 0 aliphatic rings. The highest BCUT2D eigenvalue weighted by Crippen LogP contribution is 2.16. The molecule has 4 heteroatoms. The second-order valence-electron chi connectivity index (χ2n) is 3.90. The maximum atomic E-state index is 11.9. The predicted molar refractivity (Wildman–Crippen MR) is 74.0 cm³/mol. The standard InChI is InChI=1S/C13H19BrN2O/c1-4-16(5-2)13(17)15-10(3)11-6-8-12(14)9-7-11/h6-10H,4-5H2,1-3H3,(H,15,17). The summed E-state index contributed by atoms with van der Waals surface area (Å²) in [7, 11) is 0. The van der Waals surface area contributed by atoms with Crippen molar-refractivity contribution in [1.29, 1.82) is 0 Å². The Morgan fingerprint density at radius 1 is 1.29 bits per heavy atom. The molecule has 0 radical (unpaired) electrons. The van der Waals surface area contributed by atoms with Gasteiger partial charge in [-0.15, -0.1) is 0 Å². The normalized spacial score (nSPS) is 12.0. The molecule has 94 valence electrons. The quantitative estimate of drug-likeness (QED) is 0.906. The molecule has 1 unspecified atom stereocenters. The molecule has 3 nitrogen and oxygen atoms in total. The number of nitrogens with one attached hydrogen (secondary N) is 1. The maximum Gasteiger partial charge on any atom is 0.317 e. The topological polar surface area (TPSA) is 32.3 Å². The zero-order chi connectivity index (χ0) is 12.8. The van der Waals surface area contributed by atoms with E-state index in [9.17, 15) is 4.79 Å². The van der Waals surface area contributed by atoms with Gasteiger partial charge in [0.05, 0.1) is 6.04 Å². The van der Waals surface area contributed by atoms with Gasteiger partial charge in [-0.2, -0.15) is 0 Å². The Bertz CT molecular complexity index is 360. The third-order valence-electron chi connectivity index (χ3n) is 2.76. The van der Waals surface area contributed by atoms with E-state index in [1.807, 2.05) is 45.0 Å². The van der Waals surface area contributed by atoms with E-state index in [-0.39, 0.29) is 12.1 Å². The first-order valence-electron chi connectivity index (χ1n) is 5.89. The summed E-state index contributed by atoms with van der Waals surface area (Å²) in [5, 5.41) is 2.99.